The second-order valence-corrected chi connectivity index (χ2v) is 33.7. The summed E-state index contributed by atoms with van der Waals surface area (Å²) in [5, 5.41) is 14.4. The maximum Gasteiger partial charge on any atom is 0.261 e. The molecule has 10 heteroatoms. The second kappa shape index (κ2) is 20.5. The van der Waals surface area contributed by atoms with Crippen LogP contribution in [-0.4, -0.2) is 91.6 Å². The summed E-state index contributed by atoms with van der Waals surface area (Å²) in [6.45, 7) is 25.3. The highest BCUT2D eigenvalue weighted by Gasteiger charge is 2.64. The van der Waals surface area contributed by atoms with Crippen molar-refractivity contribution in [1.29, 1.82) is 0 Å². The Morgan fingerprint density at radius 1 is 0.609 bits per heavy atom. The van der Waals surface area contributed by atoms with E-state index in [-0.39, 0.29) is 35.0 Å². The Bertz CT molecular complexity index is 1970. The van der Waals surface area contributed by atoms with Gasteiger partial charge in [-0.05, 0) is 68.2 Å². The molecular formula is C54H76O7Si3. The fourth-order valence-corrected chi connectivity index (χ4v) is 23.5. The molecule has 0 radical (unpaired) electrons. The first kappa shape index (κ1) is 48.9. The summed E-state index contributed by atoms with van der Waals surface area (Å²) in [6.07, 6.45) is 1.28. The standard InChI is InChI=1S/C54H76O7Si3/c1-11-40(59-62(12-2,13-3)14-4)39-47-49(60-63(53(5,6)7,42-27-19-15-20-28-42)43-29-21-16-22-30-43)50-51(58-47)52(48-46(57-50)36-35-41(56-48)37-38-55)61-64(54(8,9)10,44-31-23-17-24-32-44)45-33-25-18-26-34-45/h11,15-34,40-41,46-52,55H,1,12-14,35-39H2,2-10H3/t40?,41?,46?,47-,48+,49+,50+,51-,52+/m1/s1. The number of rotatable bonds is 18. The number of hydrogen-bond acceptors (Lipinski definition) is 7. The SMILES string of the molecule is C=CC(C[C@H]1O[C@@H]2[C@@H](OC3CCC(CCO)O[C@@H]3[C@@H]2O[Si](c2ccccc2)(c2ccccc2)C(C)(C)C)[C@H]1O[Si](c1ccccc1)(c1ccccc1)C(C)(C)C)O[Si](CC)(CC)CC. The third-order valence-electron chi connectivity index (χ3n) is 14.8. The average molecular weight is 921 g/mol. The minimum absolute atomic E-state index is 0.0587. The van der Waals surface area contributed by atoms with E-state index in [2.05, 4.69) is 190 Å². The normalized spacial score (nSPS) is 25.9. The van der Waals surface area contributed by atoms with E-state index in [1.54, 1.807) is 0 Å². The fraction of sp³-hybridized carbons (Fsp3) is 0.519. The van der Waals surface area contributed by atoms with E-state index in [0.29, 0.717) is 12.8 Å². The van der Waals surface area contributed by atoms with E-state index >= 15 is 0 Å². The Morgan fingerprint density at radius 2 is 1.03 bits per heavy atom. The van der Waals surface area contributed by atoms with Crippen molar-refractivity contribution < 1.29 is 32.6 Å². The lowest BCUT2D eigenvalue weighted by atomic mass is 9.88. The van der Waals surface area contributed by atoms with Gasteiger partial charge in [-0.2, -0.15) is 0 Å². The van der Waals surface area contributed by atoms with Crippen molar-refractivity contribution in [3.63, 3.8) is 0 Å². The van der Waals surface area contributed by atoms with E-state index in [1.165, 1.54) is 20.7 Å². The minimum Gasteiger partial charge on any atom is -0.410 e. The van der Waals surface area contributed by atoms with Gasteiger partial charge in [0.1, 0.15) is 30.5 Å². The van der Waals surface area contributed by atoms with E-state index in [1.807, 2.05) is 6.08 Å². The van der Waals surface area contributed by atoms with Crippen LogP contribution in [0.4, 0.5) is 0 Å². The lowest BCUT2D eigenvalue weighted by Gasteiger charge is -2.53. The molecule has 7 nitrogen and oxygen atoms in total. The molecule has 0 aliphatic carbocycles. The molecule has 3 aliphatic heterocycles. The fourth-order valence-electron chi connectivity index (χ4n) is 11.2. The van der Waals surface area contributed by atoms with Crippen LogP contribution in [-0.2, 0) is 27.5 Å². The van der Waals surface area contributed by atoms with Gasteiger partial charge in [0.15, 0.2) is 8.32 Å². The Balaban J connectivity index is 1.43. The van der Waals surface area contributed by atoms with Crippen LogP contribution in [0.3, 0.4) is 0 Å². The smallest absolute Gasteiger partial charge is 0.261 e. The molecule has 9 atom stereocenters. The van der Waals surface area contributed by atoms with E-state index < -0.39 is 61.6 Å². The first-order valence-electron chi connectivity index (χ1n) is 24.2. The highest BCUT2D eigenvalue weighted by molar-refractivity contribution is 7.00. The zero-order valence-corrected chi connectivity index (χ0v) is 43.1. The third-order valence-corrected chi connectivity index (χ3v) is 29.5. The molecular weight excluding hydrogens is 845 g/mol. The zero-order valence-electron chi connectivity index (χ0n) is 40.1. The summed E-state index contributed by atoms with van der Waals surface area (Å²) in [7, 11) is -8.34. The molecule has 64 heavy (non-hydrogen) atoms. The van der Waals surface area contributed by atoms with Gasteiger partial charge in [-0.25, -0.2) is 0 Å². The summed E-state index contributed by atoms with van der Waals surface area (Å²) in [5.41, 5.74) is 0. The van der Waals surface area contributed by atoms with Gasteiger partial charge >= 0.3 is 0 Å². The van der Waals surface area contributed by atoms with E-state index in [0.717, 1.165) is 31.0 Å². The lowest BCUT2D eigenvalue weighted by Crippen LogP contribution is -2.73. The Labute approximate surface area is 388 Å². The van der Waals surface area contributed by atoms with Crippen LogP contribution in [0.2, 0.25) is 28.2 Å². The van der Waals surface area contributed by atoms with Gasteiger partial charge in [-0.3, -0.25) is 0 Å². The van der Waals surface area contributed by atoms with Crippen LogP contribution in [0.1, 0.15) is 88.0 Å². The van der Waals surface area contributed by atoms with Gasteiger partial charge in [-0.15, -0.1) is 6.58 Å². The highest BCUT2D eigenvalue weighted by atomic mass is 28.4. The highest BCUT2D eigenvalue weighted by Crippen LogP contribution is 2.48. The minimum atomic E-state index is -3.16. The van der Waals surface area contributed by atoms with Crippen molar-refractivity contribution in [2.45, 2.75) is 171 Å². The summed E-state index contributed by atoms with van der Waals surface area (Å²) in [5.74, 6) is 0. The van der Waals surface area contributed by atoms with Crippen LogP contribution in [0.15, 0.2) is 134 Å². The van der Waals surface area contributed by atoms with Crippen molar-refractivity contribution in [2.24, 2.45) is 0 Å². The van der Waals surface area contributed by atoms with Crippen molar-refractivity contribution in [3.8, 4) is 0 Å². The molecule has 3 aliphatic rings. The number of aliphatic hydroxyl groups excluding tert-OH is 1. The largest absolute Gasteiger partial charge is 0.410 e. The Hall–Kier alpha value is -3.01. The van der Waals surface area contributed by atoms with Crippen LogP contribution < -0.4 is 20.7 Å². The second-order valence-electron chi connectivity index (χ2n) is 20.5. The molecule has 0 spiro atoms. The van der Waals surface area contributed by atoms with Gasteiger partial charge in [0.05, 0.1) is 24.4 Å². The van der Waals surface area contributed by atoms with Crippen LogP contribution in [0.25, 0.3) is 0 Å². The van der Waals surface area contributed by atoms with Crippen molar-refractivity contribution >= 4 is 45.7 Å². The Morgan fingerprint density at radius 3 is 1.42 bits per heavy atom. The summed E-state index contributed by atoms with van der Waals surface area (Å²) in [4.78, 5) is 0. The van der Waals surface area contributed by atoms with Crippen molar-refractivity contribution in [1.82, 2.24) is 0 Å². The molecule has 3 heterocycles. The quantitative estimate of drug-likeness (QED) is 0.0789. The molecule has 3 fully saturated rings. The predicted molar refractivity (Wildman–Crippen MR) is 269 cm³/mol. The van der Waals surface area contributed by atoms with Crippen LogP contribution in [0, 0.1) is 0 Å². The number of ether oxygens (including phenoxy) is 3. The molecule has 346 valence electrons. The van der Waals surface area contributed by atoms with Gasteiger partial charge in [0.2, 0.25) is 0 Å². The molecule has 0 bridgehead atoms. The maximum atomic E-state index is 10.2. The van der Waals surface area contributed by atoms with Gasteiger partial charge in [0.25, 0.3) is 16.6 Å². The first-order chi connectivity index (χ1) is 30.7. The molecule has 4 aromatic rings. The monoisotopic (exact) mass is 920 g/mol. The topological polar surface area (TPSA) is 75.6 Å². The maximum absolute atomic E-state index is 10.2. The van der Waals surface area contributed by atoms with Crippen molar-refractivity contribution in [2.75, 3.05) is 6.61 Å². The number of aliphatic hydroxyl groups is 1. The molecule has 7 rings (SSSR count). The number of fused-ring (bicyclic) bond motifs is 2. The molecule has 0 saturated carbocycles. The molecule has 1 N–H and O–H groups in total. The number of hydrogen-bond donors (Lipinski definition) is 1. The molecule has 3 unspecified atom stereocenters. The average Bonchev–Trinajstić information content (AvgIpc) is 3.64. The van der Waals surface area contributed by atoms with E-state index in [4.69, 9.17) is 27.5 Å². The molecule has 0 amide bonds. The summed E-state index contributed by atoms with van der Waals surface area (Å²) >= 11 is 0. The molecule has 3 saturated heterocycles. The summed E-state index contributed by atoms with van der Waals surface area (Å²) < 4.78 is 46.0. The van der Waals surface area contributed by atoms with Gasteiger partial charge < -0.3 is 32.6 Å². The van der Waals surface area contributed by atoms with E-state index in [9.17, 15) is 5.11 Å². The third kappa shape index (κ3) is 9.44. The zero-order chi connectivity index (χ0) is 45.8. The predicted octanol–water partition coefficient (Wildman–Crippen LogP) is 9.31. The van der Waals surface area contributed by atoms with Crippen LogP contribution >= 0.6 is 0 Å². The molecule has 0 aromatic heterocycles. The van der Waals surface area contributed by atoms with Crippen LogP contribution in [0.5, 0.6) is 0 Å². The lowest BCUT2D eigenvalue weighted by molar-refractivity contribution is -0.255. The van der Waals surface area contributed by atoms with Crippen molar-refractivity contribution in [3.05, 3.63) is 134 Å². The number of benzene rings is 4. The summed E-state index contributed by atoms with van der Waals surface area (Å²) in [6, 6.07) is 46.6. The first-order valence-corrected chi connectivity index (χ1v) is 30.5. The van der Waals surface area contributed by atoms with Gasteiger partial charge in [-0.1, -0.05) is 190 Å². The molecule has 4 aromatic carbocycles. The Kier molecular flexibility index (Phi) is 15.6. The van der Waals surface area contributed by atoms with Gasteiger partial charge in [0, 0.05) is 13.0 Å².